The molecule has 3 rings (SSSR count). The van der Waals surface area contributed by atoms with E-state index in [1.807, 2.05) is 18.2 Å². The number of aromatic nitrogens is 1. The zero-order valence-electron chi connectivity index (χ0n) is 16.4. The molecule has 0 bridgehead atoms. The van der Waals surface area contributed by atoms with E-state index in [4.69, 9.17) is 16.0 Å². The van der Waals surface area contributed by atoms with Gasteiger partial charge in [0.05, 0.1) is 17.0 Å². The minimum Gasteiger partial charge on any atom is -0.441 e. The van der Waals surface area contributed by atoms with Crippen LogP contribution in [0, 0.1) is 0 Å². The highest BCUT2D eigenvalue weighted by molar-refractivity contribution is 7.88. The molecule has 0 saturated heterocycles. The fraction of sp³-hybridized carbons (Fsp3) is 0.238. The molecule has 7 nitrogen and oxygen atoms in total. The molecule has 1 aromatic heterocycles. The molecule has 2 N–H and O–H groups in total. The fourth-order valence-corrected chi connectivity index (χ4v) is 3.93. The van der Waals surface area contributed by atoms with Crippen LogP contribution in [0.5, 0.6) is 0 Å². The van der Waals surface area contributed by atoms with Gasteiger partial charge in [-0.3, -0.25) is 4.79 Å². The Bertz CT molecular complexity index is 1130. The van der Waals surface area contributed by atoms with Crippen LogP contribution in [0.2, 0.25) is 5.02 Å². The summed E-state index contributed by atoms with van der Waals surface area (Å²) in [5, 5.41) is 3.38. The average Bonchev–Trinajstić information content (AvgIpc) is 3.20. The van der Waals surface area contributed by atoms with Gasteiger partial charge in [-0.25, -0.2) is 18.1 Å². The van der Waals surface area contributed by atoms with Crippen LogP contribution in [0.3, 0.4) is 0 Å². The highest BCUT2D eigenvalue weighted by atomic mass is 35.5. The molecule has 158 valence electrons. The second kappa shape index (κ2) is 9.88. The van der Waals surface area contributed by atoms with Gasteiger partial charge in [-0.2, -0.15) is 0 Å². The molecule has 1 heterocycles. The second-order valence-electron chi connectivity index (χ2n) is 6.61. The van der Waals surface area contributed by atoms with Gasteiger partial charge in [0, 0.05) is 24.9 Å². The lowest BCUT2D eigenvalue weighted by atomic mass is 10.1. The van der Waals surface area contributed by atoms with Crippen molar-refractivity contribution in [1.82, 2.24) is 15.0 Å². The first-order valence-electron chi connectivity index (χ1n) is 9.32. The molecule has 0 aliphatic carbocycles. The maximum Gasteiger partial charge on any atom is 0.220 e. The topological polar surface area (TPSA) is 101 Å². The van der Waals surface area contributed by atoms with E-state index in [0.29, 0.717) is 28.7 Å². The highest BCUT2D eigenvalue weighted by Gasteiger charge is 2.14. The molecule has 3 aromatic rings. The van der Waals surface area contributed by atoms with E-state index >= 15 is 0 Å². The number of hydrogen-bond acceptors (Lipinski definition) is 5. The first kappa shape index (κ1) is 22.0. The van der Waals surface area contributed by atoms with E-state index in [1.54, 1.807) is 36.5 Å². The standard InChI is InChI=1S/C21H22ClN3O4S/c1-23-30(27,28)14-16-7-3-2-6-15(16)12-24-20(26)10-11-21-25-13-19(29-21)17-8-4-5-9-18(17)22/h2-9,13,23H,10-12,14H2,1H3,(H,24,26). The predicted octanol–water partition coefficient (Wildman–Crippen LogP) is 3.29. The Morgan fingerprint density at radius 3 is 2.53 bits per heavy atom. The van der Waals surface area contributed by atoms with Crippen molar-refractivity contribution in [1.29, 1.82) is 0 Å². The lowest BCUT2D eigenvalue weighted by Crippen LogP contribution is -2.25. The van der Waals surface area contributed by atoms with Crippen LogP contribution in [0.15, 0.2) is 59.1 Å². The zero-order valence-corrected chi connectivity index (χ0v) is 18.0. The van der Waals surface area contributed by atoms with Crippen molar-refractivity contribution in [2.75, 3.05) is 7.05 Å². The van der Waals surface area contributed by atoms with Crippen LogP contribution in [0.4, 0.5) is 0 Å². The van der Waals surface area contributed by atoms with Gasteiger partial charge in [0.25, 0.3) is 0 Å². The van der Waals surface area contributed by atoms with Crippen molar-refractivity contribution < 1.29 is 17.6 Å². The lowest BCUT2D eigenvalue weighted by molar-refractivity contribution is -0.121. The molecular formula is C21H22ClN3O4S. The Kier molecular flexibility index (Phi) is 7.25. The Hall–Kier alpha value is -2.68. The van der Waals surface area contributed by atoms with Gasteiger partial charge in [-0.15, -0.1) is 0 Å². The maximum absolute atomic E-state index is 12.2. The number of nitrogens with one attached hydrogen (secondary N) is 2. The van der Waals surface area contributed by atoms with Gasteiger partial charge in [-0.05, 0) is 30.3 Å². The summed E-state index contributed by atoms with van der Waals surface area (Å²) >= 11 is 6.16. The second-order valence-corrected chi connectivity index (χ2v) is 8.94. The van der Waals surface area contributed by atoms with E-state index in [-0.39, 0.29) is 24.6 Å². The van der Waals surface area contributed by atoms with E-state index < -0.39 is 10.0 Å². The third-order valence-corrected chi connectivity index (χ3v) is 6.15. The Morgan fingerprint density at radius 1 is 1.10 bits per heavy atom. The predicted molar refractivity (Wildman–Crippen MR) is 115 cm³/mol. The first-order chi connectivity index (χ1) is 14.4. The molecule has 0 aliphatic heterocycles. The van der Waals surface area contributed by atoms with E-state index in [9.17, 15) is 13.2 Å². The molecule has 2 aromatic carbocycles. The largest absolute Gasteiger partial charge is 0.441 e. The van der Waals surface area contributed by atoms with Crippen LogP contribution in [0.25, 0.3) is 11.3 Å². The molecule has 0 unspecified atom stereocenters. The molecule has 0 fully saturated rings. The summed E-state index contributed by atoms with van der Waals surface area (Å²) in [5.74, 6) is 0.673. The zero-order chi connectivity index (χ0) is 21.6. The Labute approximate surface area is 180 Å². The van der Waals surface area contributed by atoms with Crippen molar-refractivity contribution in [2.45, 2.75) is 25.1 Å². The number of aryl methyl sites for hydroxylation is 1. The SMILES string of the molecule is CNS(=O)(=O)Cc1ccccc1CNC(=O)CCc1ncc(-c2ccccc2Cl)o1. The summed E-state index contributed by atoms with van der Waals surface area (Å²) < 4.78 is 31.6. The first-order valence-corrected chi connectivity index (χ1v) is 11.4. The minimum atomic E-state index is -3.40. The third-order valence-electron chi connectivity index (χ3n) is 4.51. The Balaban J connectivity index is 1.55. The summed E-state index contributed by atoms with van der Waals surface area (Å²) in [6, 6.07) is 14.4. The van der Waals surface area contributed by atoms with Crippen molar-refractivity contribution in [3.05, 3.63) is 76.8 Å². The quantitative estimate of drug-likeness (QED) is 0.524. The van der Waals surface area contributed by atoms with E-state index in [2.05, 4.69) is 15.0 Å². The average molecular weight is 448 g/mol. The number of nitrogens with zero attached hydrogens (tertiary/aromatic N) is 1. The summed E-state index contributed by atoms with van der Waals surface area (Å²) in [6.45, 7) is 0.241. The van der Waals surface area contributed by atoms with Crippen LogP contribution in [-0.2, 0) is 33.5 Å². The number of halogens is 1. The van der Waals surface area contributed by atoms with Gasteiger partial charge in [-0.1, -0.05) is 48.0 Å². The maximum atomic E-state index is 12.2. The molecule has 0 aliphatic rings. The molecule has 0 radical (unpaired) electrons. The van der Waals surface area contributed by atoms with Gasteiger partial charge in [0.1, 0.15) is 0 Å². The van der Waals surface area contributed by atoms with Gasteiger partial charge < -0.3 is 9.73 Å². The molecule has 1 amide bonds. The van der Waals surface area contributed by atoms with Crippen molar-refractivity contribution in [3.63, 3.8) is 0 Å². The highest BCUT2D eigenvalue weighted by Crippen LogP contribution is 2.28. The van der Waals surface area contributed by atoms with Crippen molar-refractivity contribution in [3.8, 4) is 11.3 Å². The number of oxazole rings is 1. The van der Waals surface area contributed by atoms with Crippen molar-refractivity contribution in [2.24, 2.45) is 0 Å². The smallest absolute Gasteiger partial charge is 0.220 e. The number of amides is 1. The summed E-state index contributed by atoms with van der Waals surface area (Å²) in [7, 11) is -2.02. The number of sulfonamides is 1. The summed E-state index contributed by atoms with van der Waals surface area (Å²) in [4.78, 5) is 16.4. The molecule has 0 atom stereocenters. The molecule has 0 spiro atoms. The molecule has 30 heavy (non-hydrogen) atoms. The normalized spacial score (nSPS) is 11.4. The monoisotopic (exact) mass is 447 g/mol. The van der Waals surface area contributed by atoms with Crippen LogP contribution < -0.4 is 10.0 Å². The Morgan fingerprint density at radius 2 is 1.80 bits per heavy atom. The van der Waals surface area contributed by atoms with Crippen LogP contribution >= 0.6 is 11.6 Å². The summed E-state index contributed by atoms with van der Waals surface area (Å²) in [5.41, 5.74) is 2.14. The van der Waals surface area contributed by atoms with Gasteiger partial charge in [0.2, 0.25) is 15.9 Å². The van der Waals surface area contributed by atoms with Crippen LogP contribution in [0.1, 0.15) is 23.4 Å². The number of benzene rings is 2. The number of carbonyl (C=O) groups is 1. The number of carbonyl (C=O) groups excluding carboxylic acids is 1. The third kappa shape index (κ3) is 5.91. The van der Waals surface area contributed by atoms with E-state index in [0.717, 1.165) is 11.1 Å². The molecular weight excluding hydrogens is 426 g/mol. The van der Waals surface area contributed by atoms with Gasteiger partial charge in [0.15, 0.2) is 11.7 Å². The molecule has 0 saturated carbocycles. The summed E-state index contributed by atoms with van der Waals surface area (Å²) in [6.07, 6.45) is 2.12. The van der Waals surface area contributed by atoms with Gasteiger partial charge >= 0.3 is 0 Å². The van der Waals surface area contributed by atoms with E-state index in [1.165, 1.54) is 7.05 Å². The minimum absolute atomic E-state index is 0.142. The fourth-order valence-electron chi connectivity index (χ4n) is 2.86. The number of hydrogen-bond donors (Lipinski definition) is 2. The van der Waals surface area contributed by atoms with Crippen molar-refractivity contribution >= 4 is 27.5 Å². The lowest BCUT2D eigenvalue weighted by Gasteiger charge is -2.10. The number of rotatable bonds is 9. The molecule has 9 heteroatoms. The van der Waals surface area contributed by atoms with Crippen LogP contribution in [-0.4, -0.2) is 26.4 Å².